The molecule has 5 aromatic rings. The molecule has 0 saturated heterocycles. The maximum Gasteiger partial charge on any atom is 0.276 e. The smallest absolute Gasteiger partial charge is 0.276 e. The number of nitro benzene ring substituents is 1. The standard InChI is InChI=1S/C36H27ClN4O5S/c37-29-19-8-9-20-30(29)39-36(44)33(24-12-3-1-4-13-24)47-28-18-11-17-27(23-28)38-35(43)31(40-34(42)25-14-5-2-6-15-25)22-26-16-7-10-21-32(26)41(45)46/h1-23,33H,(H,38,43)(H,39,44)(H,40,42)/b31-22+. The van der Waals surface area contributed by atoms with Gasteiger partial charge in [-0.25, -0.2) is 0 Å². The molecule has 0 fully saturated rings. The molecule has 3 N–H and O–H groups in total. The first kappa shape index (κ1) is 32.7. The monoisotopic (exact) mass is 662 g/mol. The molecule has 5 rings (SSSR count). The Labute approximate surface area is 279 Å². The van der Waals surface area contributed by atoms with Crippen molar-refractivity contribution >= 4 is 64.2 Å². The number of carbonyl (C=O) groups excluding carboxylic acids is 3. The highest BCUT2D eigenvalue weighted by molar-refractivity contribution is 8.00. The SMILES string of the molecule is O=C(Nc1cccc(SC(C(=O)Nc2ccccc2Cl)c2ccccc2)c1)/C(=C\c1ccccc1[N+](=O)[O-])NC(=O)c1ccccc1. The maximum absolute atomic E-state index is 13.6. The number of carbonyl (C=O) groups is 3. The molecule has 11 heteroatoms. The van der Waals surface area contributed by atoms with Gasteiger partial charge in [0.15, 0.2) is 0 Å². The van der Waals surface area contributed by atoms with Crippen molar-refractivity contribution in [1.82, 2.24) is 5.32 Å². The molecule has 0 aliphatic carbocycles. The molecule has 0 aliphatic heterocycles. The van der Waals surface area contributed by atoms with Crippen molar-refractivity contribution in [3.63, 3.8) is 0 Å². The van der Waals surface area contributed by atoms with Crippen LogP contribution in [0.1, 0.15) is 26.7 Å². The van der Waals surface area contributed by atoms with Gasteiger partial charge in [-0.3, -0.25) is 24.5 Å². The van der Waals surface area contributed by atoms with E-state index in [2.05, 4.69) is 16.0 Å². The average Bonchev–Trinajstić information content (AvgIpc) is 3.09. The van der Waals surface area contributed by atoms with Crippen LogP contribution >= 0.6 is 23.4 Å². The zero-order valence-corrected chi connectivity index (χ0v) is 26.2. The van der Waals surface area contributed by atoms with E-state index in [1.54, 1.807) is 84.9 Å². The van der Waals surface area contributed by atoms with Crippen LogP contribution in [0.3, 0.4) is 0 Å². The number of hydrogen-bond acceptors (Lipinski definition) is 6. The lowest BCUT2D eigenvalue weighted by molar-refractivity contribution is -0.385. The van der Waals surface area contributed by atoms with Crippen LogP contribution in [0.15, 0.2) is 144 Å². The van der Waals surface area contributed by atoms with Crippen molar-refractivity contribution in [3.05, 3.63) is 171 Å². The summed E-state index contributed by atoms with van der Waals surface area (Å²) in [6.45, 7) is 0. The summed E-state index contributed by atoms with van der Waals surface area (Å²) in [6.07, 6.45) is 1.26. The Bertz CT molecular complexity index is 1950. The van der Waals surface area contributed by atoms with E-state index in [0.717, 1.165) is 5.56 Å². The third kappa shape index (κ3) is 8.72. The molecule has 3 amide bonds. The van der Waals surface area contributed by atoms with Gasteiger partial charge in [-0.15, -0.1) is 11.8 Å². The minimum Gasteiger partial charge on any atom is -0.323 e. The lowest BCUT2D eigenvalue weighted by Crippen LogP contribution is -2.30. The van der Waals surface area contributed by atoms with Crippen LogP contribution in [0.4, 0.5) is 17.1 Å². The number of thioether (sulfide) groups is 1. The van der Waals surface area contributed by atoms with Gasteiger partial charge in [-0.1, -0.05) is 90.5 Å². The first-order valence-electron chi connectivity index (χ1n) is 14.3. The first-order chi connectivity index (χ1) is 22.8. The van der Waals surface area contributed by atoms with Crippen LogP contribution in [0.5, 0.6) is 0 Å². The summed E-state index contributed by atoms with van der Waals surface area (Å²) < 4.78 is 0. The van der Waals surface area contributed by atoms with Crippen LogP contribution < -0.4 is 16.0 Å². The fraction of sp³-hybridized carbons (Fsp3) is 0.0278. The quantitative estimate of drug-likeness (QED) is 0.0567. The number of hydrogen-bond donors (Lipinski definition) is 3. The lowest BCUT2D eigenvalue weighted by atomic mass is 10.1. The highest BCUT2D eigenvalue weighted by atomic mass is 35.5. The summed E-state index contributed by atoms with van der Waals surface area (Å²) in [6, 6.07) is 37.3. The second-order valence-electron chi connectivity index (χ2n) is 10.1. The van der Waals surface area contributed by atoms with E-state index in [9.17, 15) is 24.5 Å². The summed E-state index contributed by atoms with van der Waals surface area (Å²) in [5.74, 6) is -1.56. The van der Waals surface area contributed by atoms with E-state index in [4.69, 9.17) is 11.6 Å². The molecule has 5 aromatic carbocycles. The normalized spacial score (nSPS) is 11.6. The van der Waals surface area contributed by atoms with Gasteiger partial charge < -0.3 is 16.0 Å². The molecule has 0 bridgehead atoms. The van der Waals surface area contributed by atoms with Crippen molar-refractivity contribution in [3.8, 4) is 0 Å². The van der Waals surface area contributed by atoms with E-state index in [0.29, 0.717) is 26.9 Å². The minimum absolute atomic E-state index is 0.135. The lowest BCUT2D eigenvalue weighted by Gasteiger charge is -2.18. The van der Waals surface area contributed by atoms with Crippen LogP contribution in [0, 0.1) is 10.1 Å². The number of amides is 3. The van der Waals surface area contributed by atoms with Gasteiger partial charge in [0.25, 0.3) is 17.5 Å². The fourth-order valence-electron chi connectivity index (χ4n) is 4.52. The highest BCUT2D eigenvalue weighted by Gasteiger charge is 2.24. The topological polar surface area (TPSA) is 130 Å². The molecule has 0 saturated carbocycles. The van der Waals surface area contributed by atoms with Crippen molar-refractivity contribution in [1.29, 1.82) is 0 Å². The molecular formula is C36H27ClN4O5S. The Morgan fingerprint density at radius 3 is 2.15 bits per heavy atom. The van der Waals surface area contributed by atoms with Gasteiger partial charge >= 0.3 is 0 Å². The Kier molecular flexibility index (Phi) is 10.8. The fourth-order valence-corrected chi connectivity index (χ4v) is 5.78. The Morgan fingerprint density at radius 1 is 0.766 bits per heavy atom. The highest BCUT2D eigenvalue weighted by Crippen LogP contribution is 2.38. The maximum atomic E-state index is 13.6. The summed E-state index contributed by atoms with van der Waals surface area (Å²) in [5, 5.41) is 19.7. The molecule has 1 unspecified atom stereocenters. The van der Waals surface area contributed by atoms with Crippen LogP contribution in [-0.4, -0.2) is 22.6 Å². The molecule has 0 aliphatic rings. The molecule has 47 heavy (non-hydrogen) atoms. The van der Waals surface area contributed by atoms with E-state index in [-0.39, 0.29) is 22.9 Å². The molecule has 0 heterocycles. The molecule has 9 nitrogen and oxygen atoms in total. The number of benzene rings is 5. The van der Waals surface area contributed by atoms with Gasteiger partial charge in [0.05, 0.1) is 21.2 Å². The largest absolute Gasteiger partial charge is 0.323 e. The zero-order valence-electron chi connectivity index (χ0n) is 24.6. The summed E-state index contributed by atoms with van der Waals surface area (Å²) >= 11 is 7.56. The predicted octanol–water partition coefficient (Wildman–Crippen LogP) is 8.13. The van der Waals surface area contributed by atoms with Gasteiger partial charge in [0.1, 0.15) is 10.9 Å². The number of anilines is 2. The Hall–Kier alpha value is -5.71. The van der Waals surface area contributed by atoms with Crippen LogP contribution in [0.25, 0.3) is 6.08 Å². The third-order valence-corrected chi connectivity index (χ3v) is 8.36. The number of para-hydroxylation sites is 2. The predicted molar refractivity (Wildman–Crippen MR) is 185 cm³/mol. The van der Waals surface area contributed by atoms with Crippen molar-refractivity contribution < 1.29 is 19.3 Å². The van der Waals surface area contributed by atoms with E-state index < -0.39 is 22.0 Å². The average molecular weight is 663 g/mol. The Balaban J connectivity index is 1.41. The number of halogens is 1. The minimum atomic E-state index is -0.703. The number of rotatable bonds is 11. The van der Waals surface area contributed by atoms with E-state index in [1.165, 1.54) is 36.0 Å². The van der Waals surface area contributed by atoms with Crippen LogP contribution in [0.2, 0.25) is 5.02 Å². The molecule has 0 spiro atoms. The number of nitro groups is 1. The van der Waals surface area contributed by atoms with Gasteiger partial charge in [0.2, 0.25) is 5.91 Å². The second kappa shape index (κ2) is 15.5. The summed E-state index contributed by atoms with van der Waals surface area (Å²) in [7, 11) is 0. The first-order valence-corrected chi connectivity index (χ1v) is 15.5. The third-order valence-electron chi connectivity index (χ3n) is 6.78. The Morgan fingerprint density at radius 2 is 1.43 bits per heavy atom. The number of nitrogens with one attached hydrogen (secondary N) is 3. The van der Waals surface area contributed by atoms with Gasteiger partial charge in [-0.05, 0) is 60.2 Å². The molecule has 234 valence electrons. The second-order valence-corrected chi connectivity index (χ2v) is 11.6. The molecule has 0 radical (unpaired) electrons. The van der Waals surface area contributed by atoms with Crippen molar-refractivity contribution in [2.75, 3.05) is 10.6 Å². The molecule has 0 aromatic heterocycles. The molecular weight excluding hydrogens is 636 g/mol. The van der Waals surface area contributed by atoms with Crippen molar-refractivity contribution in [2.45, 2.75) is 10.1 Å². The molecule has 1 atom stereocenters. The van der Waals surface area contributed by atoms with Crippen LogP contribution in [-0.2, 0) is 9.59 Å². The number of nitrogens with zero attached hydrogens (tertiary/aromatic N) is 1. The van der Waals surface area contributed by atoms with Gasteiger partial charge in [-0.2, -0.15) is 0 Å². The van der Waals surface area contributed by atoms with E-state index in [1.807, 2.05) is 30.3 Å². The zero-order chi connectivity index (χ0) is 33.2. The van der Waals surface area contributed by atoms with Crippen molar-refractivity contribution in [2.24, 2.45) is 0 Å². The van der Waals surface area contributed by atoms with Gasteiger partial charge in [0, 0.05) is 22.2 Å². The summed E-state index contributed by atoms with van der Waals surface area (Å²) in [5.41, 5.74) is 1.62. The summed E-state index contributed by atoms with van der Waals surface area (Å²) in [4.78, 5) is 51.9. The van der Waals surface area contributed by atoms with E-state index >= 15 is 0 Å².